The summed E-state index contributed by atoms with van der Waals surface area (Å²) in [5.74, 6) is 0. The highest BCUT2D eigenvalue weighted by Crippen LogP contribution is 2.32. The van der Waals surface area contributed by atoms with Crippen molar-refractivity contribution in [2.45, 2.75) is 36.6 Å². The Hall–Kier alpha value is -2.09. The van der Waals surface area contributed by atoms with Crippen molar-refractivity contribution >= 4 is 21.9 Å². The molecule has 0 spiro atoms. The highest BCUT2D eigenvalue weighted by Gasteiger charge is 2.32. The first-order valence-electron chi connectivity index (χ1n) is 9.72. The molecule has 3 atom stereocenters. The number of hydrogen-bond acceptors (Lipinski definition) is 4. The Balaban J connectivity index is 1.92. The van der Waals surface area contributed by atoms with Crippen LogP contribution in [0.3, 0.4) is 0 Å². The molecule has 3 unspecified atom stereocenters. The fourth-order valence-electron chi connectivity index (χ4n) is 3.87. The third kappa shape index (κ3) is 4.91. The van der Waals surface area contributed by atoms with Crippen molar-refractivity contribution in [3.8, 4) is 0 Å². The van der Waals surface area contributed by atoms with Gasteiger partial charge < -0.3 is 21.8 Å². The van der Waals surface area contributed by atoms with E-state index in [1.165, 1.54) is 0 Å². The average Bonchev–Trinajstić information content (AvgIpc) is 2.73. The van der Waals surface area contributed by atoms with Crippen LogP contribution < -0.4 is 17.2 Å². The molecular weight excluding hydrogens is 382 g/mol. The second-order valence-electron chi connectivity index (χ2n) is 7.86. The molecule has 0 saturated carbocycles. The first kappa shape index (κ1) is 21.6. The number of hydrogen-bond donors (Lipinski definition) is 4. The molecule has 0 aliphatic rings. The van der Waals surface area contributed by atoms with Gasteiger partial charge in [-0.2, -0.15) is 0 Å². The van der Waals surface area contributed by atoms with Crippen molar-refractivity contribution in [3.63, 3.8) is 0 Å². The highest BCUT2D eigenvalue weighted by molar-refractivity contribution is 7.79. The average molecular weight is 412 g/mol. The molecule has 0 aliphatic heterocycles. The fraction of sp³-hybridized carbons (Fsp3) is 0.304. The molecule has 29 heavy (non-hydrogen) atoms. The monoisotopic (exact) mass is 411 g/mol. The summed E-state index contributed by atoms with van der Waals surface area (Å²) < 4.78 is 22.4. The van der Waals surface area contributed by atoms with Crippen molar-refractivity contribution in [2.24, 2.45) is 17.2 Å². The molecule has 6 heteroatoms. The molecule has 5 nitrogen and oxygen atoms in total. The van der Waals surface area contributed by atoms with Gasteiger partial charge in [-0.05, 0) is 40.3 Å². The Morgan fingerprint density at radius 2 is 1.72 bits per heavy atom. The lowest BCUT2D eigenvalue weighted by Gasteiger charge is -2.32. The second-order valence-corrected chi connectivity index (χ2v) is 9.08. The molecule has 0 bridgehead atoms. The highest BCUT2D eigenvalue weighted by atomic mass is 32.2. The molecule has 0 saturated heterocycles. The number of fused-ring (bicyclic) bond motifs is 1. The zero-order valence-corrected chi connectivity index (χ0v) is 17.4. The summed E-state index contributed by atoms with van der Waals surface area (Å²) in [5, 5.41) is 1.78. The van der Waals surface area contributed by atoms with E-state index in [0.29, 0.717) is 19.4 Å². The van der Waals surface area contributed by atoms with Crippen LogP contribution in [0.5, 0.6) is 0 Å². The lowest BCUT2D eigenvalue weighted by atomic mass is 9.77. The van der Waals surface area contributed by atoms with Crippen LogP contribution in [0.25, 0.3) is 10.8 Å². The molecule has 154 valence electrons. The topological polar surface area (TPSA) is 115 Å². The van der Waals surface area contributed by atoms with Crippen LogP contribution in [-0.2, 0) is 22.9 Å². The van der Waals surface area contributed by atoms with E-state index in [2.05, 4.69) is 18.2 Å². The summed E-state index contributed by atoms with van der Waals surface area (Å²) in [4.78, 5) is 0. The lowest BCUT2D eigenvalue weighted by molar-refractivity contribution is 0.420. The normalized spacial score (nSPS) is 15.9. The number of rotatable bonds is 8. The summed E-state index contributed by atoms with van der Waals surface area (Å²) >= 11 is -1.99. The minimum Gasteiger partial charge on any atom is -0.330 e. The van der Waals surface area contributed by atoms with E-state index < -0.39 is 27.9 Å². The molecule has 3 rings (SSSR count). The Labute approximate surface area is 174 Å². The Morgan fingerprint density at radius 3 is 2.41 bits per heavy atom. The Bertz CT molecular complexity index is 1000. The van der Waals surface area contributed by atoms with Gasteiger partial charge in [-0.25, -0.2) is 4.21 Å². The van der Waals surface area contributed by atoms with E-state index in [9.17, 15) is 8.76 Å². The summed E-state index contributed by atoms with van der Waals surface area (Å²) in [6.07, 6.45) is 0.394. The molecule has 0 heterocycles. The van der Waals surface area contributed by atoms with Crippen molar-refractivity contribution in [2.75, 3.05) is 6.54 Å². The van der Waals surface area contributed by atoms with Crippen LogP contribution in [0.1, 0.15) is 36.2 Å². The molecule has 0 aliphatic carbocycles. The standard InChI is InChI=1S/C23H29N3O2S/c1-23(15-24,19-10-5-9-18(12-19)22(25)26)14-20(29(27)28)13-17-8-4-7-16-6-2-3-11-21(16)17/h2-12,20,22H,13-15,24-26H2,1H3,(H,27,28). The van der Waals surface area contributed by atoms with E-state index in [1.807, 2.05) is 55.5 Å². The number of benzene rings is 3. The van der Waals surface area contributed by atoms with Gasteiger partial charge in [0.05, 0.1) is 11.4 Å². The third-order valence-electron chi connectivity index (χ3n) is 5.71. The zero-order chi connectivity index (χ0) is 21.0. The van der Waals surface area contributed by atoms with Gasteiger partial charge in [-0.15, -0.1) is 0 Å². The van der Waals surface area contributed by atoms with Crippen LogP contribution in [0, 0.1) is 0 Å². The maximum atomic E-state index is 12.3. The maximum Gasteiger partial charge on any atom is 0.156 e. The quantitative estimate of drug-likeness (QED) is 0.336. The van der Waals surface area contributed by atoms with Crippen LogP contribution in [-0.4, -0.2) is 20.6 Å². The van der Waals surface area contributed by atoms with Gasteiger partial charge in [0.25, 0.3) is 0 Å². The molecular formula is C23H29N3O2S. The van der Waals surface area contributed by atoms with Crippen molar-refractivity contribution in [3.05, 3.63) is 83.4 Å². The molecule has 3 aromatic rings. The van der Waals surface area contributed by atoms with Gasteiger partial charge in [0.1, 0.15) is 0 Å². The molecule has 7 N–H and O–H groups in total. The molecule has 3 aromatic carbocycles. The van der Waals surface area contributed by atoms with Gasteiger partial charge in [0, 0.05) is 12.0 Å². The summed E-state index contributed by atoms with van der Waals surface area (Å²) in [5.41, 5.74) is 20.2. The van der Waals surface area contributed by atoms with Crippen molar-refractivity contribution in [1.82, 2.24) is 0 Å². The van der Waals surface area contributed by atoms with Crippen LogP contribution in [0.4, 0.5) is 0 Å². The van der Waals surface area contributed by atoms with Gasteiger partial charge in [-0.1, -0.05) is 73.7 Å². The molecule has 0 radical (unpaired) electrons. The maximum absolute atomic E-state index is 12.3. The van der Waals surface area contributed by atoms with Gasteiger partial charge in [0.15, 0.2) is 11.1 Å². The van der Waals surface area contributed by atoms with E-state index >= 15 is 0 Å². The Kier molecular flexibility index (Phi) is 6.82. The van der Waals surface area contributed by atoms with E-state index in [1.54, 1.807) is 0 Å². The first-order chi connectivity index (χ1) is 13.8. The first-order valence-corrected chi connectivity index (χ1v) is 10.9. The van der Waals surface area contributed by atoms with E-state index in [-0.39, 0.29) is 0 Å². The summed E-state index contributed by atoms with van der Waals surface area (Å²) in [6, 6.07) is 21.9. The molecule has 0 amide bonds. The van der Waals surface area contributed by atoms with Crippen molar-refractivity contribution in [1.29, 1.82) is 0 Å². The minimum absolute atomic E-state index is 0.347. The van der Waals surface area contributed by atoms with Crippen molar-refractivity contribution < 1.29 is 8.76 Å². The fourth-order valence-corrected chi connectivity index (χ4v) is 4.71. The van der Waals surface area contributed by atoms with Crippen LogP contribution in [0.2, 0.25) is 0 Å². The minimum atomic E-state index is -1.99. The zero-order valence-electron chi connectivity index (χ0n) is 16.6. The lowest BCUT2D eigenvalue weighted by Crippen LogP contribution is -2.38. The van der Waals surface area contributed by atoms with Gasteiger partial charge in [0.2, 0.25) is 0 Å². The SMILES string of the molecule is CC(CN)(CC(Cc1cccc2ccccc12)S(=O)O)c1cccc(C(N)N)c1. The number of nitrogens with two attached hydrogens (primary N) is 3. The second kappa shape index (κ2) is 9.15. The molecule has 0 aromatic heterocycles. The summed E-state index contributed by atoms with van der Waals surface area (Å²) in [6.45, 7) is 2.37. The molecule has 0 fully saturated rings. The van der Waals surface area contributed by atoms with E-state index in [0.717, 1.165) is 27.5 Å². The van der Waals surface area contributed by atoms with Gasteiger partial charge in [-0.3, -0.25) is 0 Å². The van der Waals surface area contributed by atoms with Gasteiger partial charge >= 0.3 is 0 Å². The predicted molar refractivity (Wildman–Crippen MR) is 121 cm³/mol. The third-order valence-corrected chi connectivity index (χ3v) is 6.61. The smallest absolute Gasteiger partial charge is 0.156 e. The summed E-state index contributed by atoms with van der Waals surface area (Å²) in [7, 11) is 0. The Morgan fingerprint density at radius 1 is 1.03 bits per heavy atom. The van der Waals surface area contributed by atoms with Crippen LogP contribution >= 0.6 is 0 Å². The largest absolute Gasteiger partial charge is 0.330 e. The predicted octanol–water partition coefficient (Wildman–Crippen LogP) is 3.20. The van der Waals surface area contributed by atoms with Crippen LogP contribution in [0.15, 0.2) is 66.7 Å². The van der Waals surface area contributed by atoms with E-state index in [4.69, 9.17) is 17.2 Å².